The molecule has 1 aromatic carbocycles. The lowest BCUT2D eigenvalue weighted by Gasteiger charge is -2.12. The average Bonchev–Trinajstić information content (AvgIpc) is 2.42. The minimum Gasteiger partial charge on any atom is -0.387 e. The molecule has 1 rings (SSSR count). The first-order valence-corrected chi connectivity index (χ1v) is 6.00. The van der Waals surface area contributed by atoms with Crippen molar-refractivity contribution >= 4 is 11.6 Å². The summed E-state index contributed by atoms with van der Waals surface area (Å²) in [5.41, 5.74) is 5.46. The summed E-state index contributed by atoms with van der Waals surface area (Å²) < 4.78 is 4.93. The van der Waals surface area contributed by atoms with Gasteiger partial charge in [0.05, 0.1) is 17.6 Å². The molecule has 0 heterocycles. The average molecular weight is 283 g/mol. The number of nitrogens with two attached hydrogens (primary N) is 1. The number of hydrogen-bond acceptors (Lipinski definition) is 6. The summed E-state index contributed by atoms with van der Waals surface area (Å²) in [4.78, 5) is 20.4. The van der Waals surface area contributed by atoms with Crippen molar-refractivity contribution in [1.29, 1.82) is 0 Å². The van der Waals surface area contributed by atoms with Gasteiger partial charge in [0.1, 0.15) is 6.61 Å². The zero-order valence-electron chi connectivity index (χ0n) is 10.8. The normalized spacial score (nSPS) is 12.1. The van der Waals surface area contributed by atoms with Crippen molar-refractivity contribution < 1.29 is 19.6 Å². The Labute approximate surface area is 115 Å². The molecule has 1 unspecified atom stereocenters. The molecule has 0 saturated heterocycles. The SMILES string of the molecule is NC(=O)COCCNCC(O)c1ccc([N+](=O)[O-])cc1. The van der Waals surface area contributed by atoms with E-state index >= 15 is 0 Å². The van der Waals surface area contributed by atoms with Crippen molar-refractivity contribution in [3.05, 3.63) is 39.9 Å². The van der Waals surface area contributed by atoms with Gasteiger partial charge in [0.15, 0.2) is 0 Å². The van der Waals surface area contributed by atoms with E-state index in [4.69, 9.17) is 10.5 Å². The number of nitro benzene ring substituents is 1. The molecule has 0 aliphatic heterocycles. The van der Waals surface area contributed by atoms with E-state index in [1.807, 2.05) is 0 Å². The topological polar surface area (TPSA) is 128 Å². The third kappa shape index (κ3) is 5.74. The summed E-state index contributed by atoms with van der Waals surface area (Å²) in [5, 5.41) is 23.3. The number of amides is 1. The van der Waals surface area contributed by atoms with Gasteiger partial charge in [0.2, 0.25) is 5.91 Å². The molecule has 8 heteroatoms. The molecular formula is C12H17N3O5. The number of ether oxygens (including phenoxy) is 1. The van der Waals surface area contributed by atoms with Crippen LogP contribution in [0.5, 0.6) is 0 Å². The Balaban J connectivity index is 2.26. The van der Waals surface area contributed by atoms with Gasteiger partial charge in [-0.15, -0.1) is 0 Å². The van der Waals surface area contributed by atoms with Gasteiger partial charge in [-0.25, -0.2) is 0 Å². The molecule has 8 nitrogen and oxygen atoms in total. The van der Waals surface area contributed by atoms with E-state index in [1.54, 1.807) is 0 Å². The van der Waals surface area contributed by atoms with Gasteiger partial charge >= 0.3 is 0 Å². The van der Waals surface area contributed by atoms with Crippen LogP contribution in [0.25, 0.3) is 0 Å². The Bertz CT molecular complexity index is 449. The molecule has 0 aliphatic rings. The van der Waals surface area contributed by atoms with Gasteiger partial charge in [-0.1, -0.05) is 0 Å². The third-order valence-corrected chi connectivity index (χ3v) is 2.49. The summed E-state index contributed by atoms with van der Waals surface area (Å²) >= 11 is 0. The molecule has 0 saturated carbocycles. The van der Waals surface area contributed by atoms with Crippen LogP contribution in [0.4, 0.5) is 5.69 Å². The number of aliphatic hydroxyl groups excluding tert-OH is 1. The van der Waals surface area contributed by atoms with Crippen LogP contribution in [0.1, 0.15) is 11.7 Å². The van der Waals surface area contributed by atoms with Crippen LogP contribution in [0, 0.1) is 10.1 Å². The summed E-state index contributed by atoms with van der Waals surface area (Å²) in [6.07, 6.45) is -0.771. The number of hydrogen-bond donors (Lipinski definition) is 3. The molecule has 1 aromatic rings. The van der Waals surface area contributed by atoms with E-state index in [9.17, 15) is 20.0 Å². The number of nitrogens with one attached hydrogen (secondary N) is 1. The molecule has 0 spiro atoms. The number of aliphatic hydroxyl groups is 1. The predicted molar refractivity (Wildman–Crippen MR) is 70.9 cm³/mol. The highest BCUT2D eigenvalue weighted by atomic mass is 16.6. The lowest BCUT2D eigenvalue weighted by Crippen LogP contribution is -2.27. The predicted octanol–water partition coefficient (Wildman–Crippen LogP) is -0.280. The number of nitrogens with zero attached hydrogens (tertiary/aromatic N) is 1. The van der Waals surface area contributed by atoms with Crippen molar-refractivity contribution in [2.24, 2.45) is 5.73 Å². The molecule has 1 amide bonds. The van der Waals surface area contributed by atoms with E-state index in [1.165, 1.54) is 24.3 Å². The molecule has 0 aliphatic carbocycles. The fourth-order valence-electron chi connectivity index (χ4n) is 1.49. The Morgan fingerprint density at radius 2 is 2.10 bits per heavy atom. The minimum atomic E-state index is -0.771. The number of non-ortho nitro benzene ring substituents is 1. The summed E-state index contributed by atoms with van der Waals surface area (Å²) in [6, 6.07) is 5.70. The van der Waals surface area contributed by atoms with E-state index in [2.05, 4.69) is 5.32 Å². The number of benzene rings is 1. The molecule has 0 radical (unpaired) electrons. The van der Waals surface area contributed by atoms with Gasteiger partial charge in [0, 0.05) is 25.2 Å². The molecule has 20 heavy (non-hydrogen) atoms. The van der Waals surface area contributed by atoms with E-state index in [0.29, 0.717) is 18.7 Å². The highest BCUT2D eigenvalue weighted by Crippen LogP contribution is 2.17. The summed E-state index contributed by atoms with van der Waals surface area (Å²) in [7, 11) is 0. The monoisotopic (exact) mass is 283 g/mol. The van der Waals surface area contributed by atoms with Crippen LogP contribution in [-0.4, -0.2) is 42.2 Å². The van der Waals surface area contributed by atoms with E-state index in [-0.39, 0.29) is 18.8 Å². The van der Waals surface area contributed by atoms with Gasteiger partial charge in [-0.05, 0) is 17.7 Å². The molecule has 1 atom stereocenters. The first-order valence-electron chi connectivity index (χ1n) is 6.00. The smallest absolute Gasteiger partial charge is 0.269 e. The van der Waals surface area contributed by atoms with Gasteiger partial charge in [-0.3, -0.25) is 14.9 Å². The first kappa shape index (κ1) is 16.0. The van der Waals surface area contributed by atoms with Crippen molar-refractivity contribution in [2.45, 2.75) is 6.10 Å². The van der Waals surface area contributed by atoms with E-state index in [0.717, 1.165) is 0 Å². The molecule has 110 valence electrons. The molecular weight excluding hydrogens is 266 g/mol. The van der Waals surface area contributed by atoms with Gasteiger partial charge in [-0.2, -0.15) is 0 Å². The van der Waals surface area contributed by atoms with Crippen LogP contribution in [0.2, 0.25) is 0 Å². The summed E-state index contributed by atoms with van der Waals surface area (Å²) in [6.45, 7) is 0.900. The Hall–Kier alpha value is -2.03. The molecule has 0 fully saturated rings. The van der Waals surface area contributed by atoms with Gasteiger partial charge < -0.3 is 20.9 Å². The lowest BCUT2D eigenvalue weighted by molar-refractivity contribution is -0.384. The zero-order chi connectivity index (χ0) is 15.0. The molecule has 4 N–H and O–H groups in total. The quantitative estimate of drug-likeness (QED) is 0.325. The second kappa shape index (κ2) is 8.20. The van der Waals surface area contributed by atoms with Crippen molar-refractivity contribution in [3.8, 4) is 0 Å². The maximum absolute atomic E-state index is 10.5. The van der Waals surface area contributed by atoms with E-state index < -0.39 is 16.9 Å². The minimum absolute atomic E-state index is 0.0197. The Morgan fingerprint density at radius 1 is 1.45 bits per heavy atom. The maximum Gasteiger partial charge on any atom is 0.269 e. The summed E-state index contributed by atoms with van der Waals surface area (Å²) in [5.74, 6) is -0.532. The number of carbonyl (C=O) groups is 1. The van der Waals surface area contributed by atoms with Crippen molar-refractivity contribution in [2.75, 3.05) is 26.3 Å². The second-order valence-corrected chi connectivity index (χ2v) is 4.09. The maximum atomic E-state index is 10.5. The number of rotatable bonds is 9. The molecule has 0 aromatic heterocycles. The Morgan fingerprint density at radius 3 is 2.65 bits per heavy atom. The largest absolute Gasteiger partial charge is 0.387 e. The van der Waals surface area contributed by atoms with Crippen LogP contribution < -0.4 is 11.1 Å². The van der Waals surface area contributed by atoms with Crippen LogP contribution in [-0.2, 0) is 9.53 Å². The third-order valence-electron chi connectivity index (χ3n) is 2.49. The number of nitro groups is 1. The first-order chi connectivity index (χ1) is 9.50. The second-order valence-electron chi connectivity index (χ2n) is 4.09. The lowest BCUT2D eigenvalue weighted by atomic mass is 10.1. The Kier molecular flexibility index (Phi) is 6.57. The van der Waals surface area contributed by atoms with Crippen LogP contribution in [0.3, 0.4) is 0 Å². The zero-order valence-corrected chi connectivity index (χ0v) is 10.8. The highest BCUT2D eigenvalue weighted by Gasteiger charge is 2.09. The highest BCUT2D eigenvalue weighted by molar-refractivity contribution is 5.74. The standard InChI is InChI=1S/C12H17N3O5/c13-12(17)8-20-6-5-14-7-11(16)9-1-3-10(4-2-9)15(18)19/h1-4,11,14,16H,5-8H2,(H2,13,17). The number of carbonyl (C=O) groups excluding carboxylic acids is 1. The van der Waals surface area contributed by atoms with Crippen molar-refractivity contribution in [3.63, 3.8) is 0 Å². The van der Waals surface area contributed by atoms with Crippen LogP contribution in [0.15, 0.2) is 24.3 Å². The fraction of sp³-hybridized carbons (Fsp3) is 0.417. The fourth-order valence-corrected chi connectivity index (χ4v) is 1.49. The van der Waals surface area contributed by atoms with Crippen LogP contribution >= 0.6 is 0 Å². The van der Waals surface area contributed by atoms with Gasteiger partial charge in [0.25, 0.3) is 5.69 Å². The van der Waals surface area contributed by atoms with Crippen molar-refractivity contribution in [1.82, 2.24) is 5.32 Å². The molecule has 0 bridgehead atoms. The number of primary amides is 1.